The van der Waals surface area contributed by atoms with Crippen LogP contribution in [0.3, 0.4) is 0 Å². The lowest BCUT2D eigenvalue weighted by molar-refractivity contribution is 0.397. The molecule has 2 heterocycles. The Hall–Kier alpha value is -2.87. The van der Waals surface area contributed by atoms with Crippen molar-refractivity contribution in [3.8, 4) is 22.8 Å². The van der Waals surface area contributed by atoms with Gasteiger partial charge in [-0.1, -0.05) is 11.6 Å². The third kappa shape index (κ3) is 2.50. The molecular formula is C15H13ClN4O4. The largest absolute Gasteiger partial charge is 0.496 e. The van der Waals surface area contributed by atoms with Crippen molar-refractivity contribution in [2.45, 2.75) is 0 Å². The van der Waals surface area contributed by atoms with Gasteiger partial charge in [-0.2, -0.15) is 0 Å². The molecule has 0 saturated heterocycles. The van der Waals surface area contributed by atoms with Crippen molar-refractivity contribution in [1.82, 2.24) is 19.5 Å². The van der Waals surface area contributed by atoms with E-state index in [2.05, 4.69) is 15.0 Å². The van der Waals surface area contributed by atoms with Gasteiger partial charge in [-0.05, 0) is 12.1 Å². The third-order valence-corrected chi connectivity index (χ3v) is 3.76. The molecule has 2 aromatic heterocycles. The van der Waals surface area contributed by atoms with E-state index in [1.54, 1.807) is 12.1 Å². The number of nitrogens with zero attached hydrogens (tertiary/aromatic N) is 3. The first kappa shape index (κ1) is 16.0. The zero-order chi connectivity index (χ0) is 17.4. The standard InChI is InChI=1S/C15H13ClN4O4/c1-20-13-12(14(21)19-15(20)22)17-6-8(18-13)11-9(23-2)4-7(16)5-10(11)24-3/h4-6H,1-3H3,(H,19,21,22). The minimum absolute atomic E-state index is 0.0627. The van der Waals surface area contributed by atoms with Crippen LogP contribution in [0.1, 0.15) is 0 Å². The predicted octanol–water partition coefficient (Wildman–Crippen LogP) is 1.35. The first-order valence-corrected chi connectivity index (χ1v) is 7.22. The summed E-state index contributed by atoms with van der Waals surface area (Å²) in [6.07, 6.45) is 1.41. The molecule has 0 unspecified atom stereocenters. The van der Waals surface area contributed by atoms with Crippen molar-refractivity contribution >= 4 is 22.8 Å². The molecule has 1 N–H and O–H groups in total. The second-order valence-electron chi connectivity index (χ2n) is 4.93. The Morgan fingerprint density at radius 2 is 1.79 bits per heavy atom. The highest BCUT2D eigenvalue weighted by Gasteiger charge is 2.18. The van der Waals surface area contributed by atoms with Crippen LogP contribution in [-0.2, 0) is 7.05 Å². The third-order valence-electron chi connectivity index (χ3n) is 3.54. The number of H-pyrrole nitrogens is 1. The number of aryl methyl sites for hydroxylation is 1. The lowest BCUT2D eigenvalue weighted by atomic mass is 10.1. The number of hydrogen-bond donors (Lipinski definition) is 1. The number of aromatic amines is 1. The monoisotopic (exact) mass is 348 g/mol. The van der Waals surface area contributed by atoms with Crippen molar-refractivity contribution in [3.05, 3.63) is 44.2 Å². The van der Waals surface area contributed by atoms with E-state index in [0.29, 0.717) is 27.8 Å². The van der Waals surface area contributed by atoms with E-state index in [1.807, 2.05) is 0 Å². The quantitative estimate of drug-likeness (QED) is 0.767. The minimum Gasteiger partial charge on any atom is -0.496 e. The fraction of sp³-hybridized carbons (Fsp3) is 0.200. The molecule has 0 amide bonds. The zero-order valence-electron chi connectivity index (χ0n) is 13.1. The number of halogens is 1. The van der Waals surface area contributed by atoms with Crippen molar-refractivity contribution in [3.63, 3.8) is 0 Å². The Balaban J connectivity index is 2.38. The summed E-state index contributed by atoms with van der Waals surface area (Å²) in [7, 11) is 4.47. The number of rotatable bonds is 3. The molecule has 124 valence electrons. The van der Waals surface area contributed by atoms with Crippen LogP contribution in [0.5, 0.6) is 11.5 Å². The average Bonchev–Trinajstić information content (AvgIpc) is 2.58. The normalized spacial score (nSPS) is 10.8. The molecule has 0 atom stereocenters. The van der Waals surface area contributed by atoms with Gasteiger partial charge in [0, 0.05) is 12.1 Å². The van der Waals surface area contributed by atoms with E-state index in [0.717, 1.165) is 0 Å². The Morgan fingerprint density at radius 3 is 2.38 bits per heavy atom. The van der Waals surface area contributed by atoms with Crippen molar-refractivity contribution < 1.29 is 9.47 Å². The van der Waals surface area contributed by atoms with E-state index < -0.39 is 11.2 Å². The lowest BCUT2D eigenvalue weighted by Gasteiger charge is -2.13. The molecule has 24 heavy (non-hydrogen) atoms. The lowest BCUT2D eigenvalue weighted by Crippen LogP contribution is -2.29. The predicted molar refractivity (Wildman–Crippen MR) is 88.9 cm³/mol. The summed E-state index contributed by atoms with van der Waals surface area (Å²) in [6.45, 7) is 0. The number of aromatic nitrogens is 4. The number of ether oxygens (including phenoxy) is 2. The summed E-state index contributed by atoms with van der Waals surface area (Å²) in [5.41, 5.74) is -0.0516. The second-order valence-corrected chi connectivity index (χ2v) is 5.37. The highest BCUT2D eigenvalue weighted by atomic mass is 35.5. The molecule has 0 aliphatic heterocycles. The summed E-state index contributed by atoms with van der Waals surface area (Å²) >= 11 is 6.04. The van der Waals surface area contributed by atoms with Gasteiger partial charge in [0.2, 0.25) is 0 Å². The SMILES string of the molecule is COc1cc(Cl)cc(OC)c1-c1cnc2c(=O)[nH]c(=O)n(C)c2n1. The van der Waals surface area contributed by atoms with Gasteiger partial charge in [0.15, 0.2) is 11.2 Å². The number of nitrogens with one attached hydrogen (secondary N) is 1. The highest BCUT2D eigenvalue weighted by molar-refractivity contribution is 6.31. The Labute approximate surface area is 140 Å². The molecule has 0 radical (unpaired) electrons. The number of methoxy groups -OCH3 is 2. The van der Waals surface area contributed by atoms with Crippen molar-refractivity contribution in [2.75, 3.05) is 14.2 Å². The van der Waals surface area contributed by atoms with Gasteiger partial charge in [-0.3, -0.25) is 14.3 Å². The summed E-state index contributed by atoms with van der Waals surface area (Å²) in [4.78, 5) is 34.3. The molecule has 9 heteroatoms. The Kier molecular flexibility index (Phi) is 3.98. The number of benzene rings is 1. The molecule has 0 fully saturated rings. The van der Waals surface area contributed by atoms with E-state index in [9.17, 15) is 9.59 Å². The second kappa shape index (κ2) is 5.97. The summed E-state index contributed by atoms with van der Waals surface area (Å²) in [5, 5.41) is 0.435. The average molecular weight is 349 g/mol. The number of hydrogen-bond acceptors (Lipinski definition) is 6. The van der Waals surface area contributed by atoms with E-state index >= 15 is 0 Å². The van der Waals surface area contributed by atoms with Crippen LogP contribution in [0.25, 0.3) is 22.4 Å². The Bertz CT molecular complexity index is 1030. The fourth-order valence-corrected chi connectivity index (χ4v) is 2.56. The van der Waals surface area contributed by atoms with Crippen molar-refractivity contribution in [1.29, 1.82) is 0 Å². The van der Waals surface area contributed by atoms with Gasteiger partial charge in [0.05, 0.1) is 31.7 Å². The maximum absolute atomic E-state index is 11.9. The first-order chi connectivity index (χ1) is 11.5. The van der Waals surface area contributed by atoms with Gasteiger partial charge < -0.3 is 9.47 Å². The molecule has 0 spiro atoms. The van der Waals surface area contributed by atoms with Gasteiger partial charge in [-0.25, -0.2) is 14.8 Å². The smallest absolute Gasteiger partial charge is 0.329 e. The van der Waals surface area contributed by atoms with Crippen molar-refractivity contribution in [2.24, 2.45) is 7.05 Å². The zero-order valence-corrected chi connectivity index (χ0v) is 13.8. The van der Waals surface area contributed by atoms with Gasteiger partial charge in [0.1, 0.15) is 11.5 Å². The van der Waals surface area contributed by atoms with Crippen LogP contribution in [0, 0.1) is 0 Å². The van der Waals surface area contributed by atoms with Crippen LogP contribution >= 0.6 is 11.6 Å². The molecule has 0 aliphatic carbocycles. The van der Waals surface area contributed by atoms with Gasteiger partial charge >= 0.3 is 5.69 Å². The molecule has 3 aromatic rings. The maximum Gasteiger partial charge on any atom is 0.329 e. The topological polar surface area (TPSA) is 99.1 Å². The first-order valence-electron chi connectivity index (χ1n) is 6.84. The molecule has 0 saturated carbocycles. The fourth-order valence-electron chi connectivity index (χ4n) is 2.36. The molecule has 0 aliphatic rings. The van der Waals surface area contributed by atoms with Crippen LogP contribution in [0.4, 0.5) is 0 Å². The van der Waals surface area contributed by atoms with Gasteiger partial charge in [0.25, 0.3) is 5.56 Å². The van der Waals surface area contributed by atoms with Crippen LogP contribution < -0.4 is 20.7 Å². The number of fused-ring (bicyclic) bond motifs is 1. The molecule has 3 rings (SSSR count). The van der Waals surface area contributed by atoms with E-state index in [4.69, 9.17) is 21.1 Å². The molecule has 8 nitrogen and oxygen atoms in total. The molecule has 0 bridgehead atoms. The molecule has 1 aromatic carbocycles. The maximum atomic E-state index is 11.9. The summed E-state index contributed by atoms with van der Waals surface area (Å²) in [6, 6.07) is 3.23. The summed E-state index contributed by atoms with van der Waals surface area (Å²) < 4.78 is 11.9. The van der Waals surface area contributed by atoms with E-state index in [-0.39, 0.29) is 11.2 Å². The van der Waals surface area contributed by atoms with Crippen LogP contribution in [0.15, 0.2) is 27.9 Å². The van der Waals surface area contributed by atoms with E-state index in [1.165, 1.54) is 32.0 Å². The summed E-state index contributed by atoms with van der Waals surface area (Å²) in [5.74, 6) is 0.866. The van der Waals surface area contributed by atoms with Crippen LogP contribution in [0.2, 0.25) is 5.02 Å². The minimum atomic E-state index is -0.595. The Morgan fingerprint density at radius 1 is 1.17 bits per heavy atom. The molecular weight excluding hydrogens is 336 g/mol. The highest BCUT2D eigenvalue weighted by Crippen LogP contribution is 2.39. The van der Waals surface area contributed by atoms with Gasteiger partial charge in [-0.15, -0.1) is 0 Å². The van der Waals surface area contributed by atoms with Crippen LogP contribution in [-0.4, -0.2) is 33.7 Å².